The number of carboxylic acids is 1. The molecule has 1 aliphatic rings. The topological polar surface area (TPSA) is 74.2 Å². The quantitative estimate of drug-likeness (QED) is 0.623. The van der Waals surface area contributed by atoms with Gasteiger partial charge in [0, 0.05) is 30.9 Å². The van der Waals surface area contributed by atoms with Crippen molar-refractivity contribution in [3.05, 3.63) is 83.2 Å². The third-order valence-corrected chi connectivity index (χ3v) is 4.85. The van der Waals surface area contributed by atoms with Gasteiger partial charge in [0.15, 0.2) is 0 Å². The molecule has 2 heterocycles. The van der Waals surface area contributed by atoms with Gasteiger partial charge in [-0.2, -0.15) is 0 Å². The van der Waals surface area contributed by atoms with Crippen LogP contribution >= 0.6 is 0 Å². The molecule has 1 aliphatic heterocycles. The Morgan fingerprint density at radius 3 is 2.86 bits per heavy atom. The second kappa shape index (κ2) is 7.36. The Bertz CT molecular complexity index is 1060. The standard InChI is InChI=1S/C21H17F2N3O2/c22-14-2-4-15(18(23)8-14)12-1-3-16-13(7-12)9-25-20(16)11-26-19-10-24-6-5-17(19)21(27)28/h1-8,10,20,25-26H,9,11H2,(H,27,28)/t20-/m1/s1. The lowest BCUT2D eigenvalue weighted by molar-refractivity contribution is 0.0697. The summed E-state index contributed by atoms with van der Waals surface area (Å²) < 4.78 is 27.2. The number of pyridine rings is 1. The van der Waals surface area contributed by atoms with E-state index in [2.05, 4.69) is 15.6 Å². The molecule has 0 spiro atoms. The van der Waals surface area contributed by atoms with E-state index in [0.29, 0.717) is 29.9 Å². The third-order valence-electron chi connectivity index (χ3n) is 4.85. The van der Waals surface area contributed by atoms with Crippen LogP contribution in [0.2, 0.25) is 0 Å². The summed E-state index contributed by atoms with van der Waals surface area (Å²) in [5.41, 5.74) is 3.74. The first-order chi connectivity index (χ1) is 13.5. The maximum atomic E-state index is 14.1. The van der Waals surface area contributed by atoms with Crippen LogP contribution < -0.4 is 10.6 Å². The van der Waals surface area contributed by atoms with E-state index in [9.17, 15) is 18.7 Å². The number of hydrogen-bond acceptors (Lipinski definition) is 4. The molecule has 1 atom stereocenters. The van der Waals surface area contributed by atoms with E-state index in [1.807, 2.05) is 18.2 Å². The molecular formula is C21H17F2N3O2. The van der Waals surface area contributed by atoms with Crippen molar-refractivity contribution in [2.24, 2.45) is 0 Å². The highest BCUT2D eigenvalue weighted by molar-refractivity contribution is 5.93. The van der Waals surface area contributed by atoms with Crippen molar-refractivity contribution in [2.75, 3.05) is 11.9 Å². The molecule has 142 valence electrons. The normalized spacial score (nSPS) is 15.3. The van der Waals surface area contributed by atoms with Gasteiger partial charge in [-0.1, -0.05) is 12.1 Å². The summed E-state index contributed by atoms with van der Waals surface area (Å²) in [7, 11) is 0. The van der Waals surface area contributed by atoms with E-state index in [0.717, 1.165) is 17.2 Å². The fraction of sp³-hybridized carbons (Fsp3) is 0.143. The average molecular weight is 381 g/mol. The van der Waals surface area contributed by atoms with Crippen LogP contribution in [0.3, 0.4) is 0 Å². The first kappa shape index (κ1) is 18.1. The molecule has 0 fully saturated rings. The van der Waals surface area contributed by atoms with E-state index in [1.54, 1.807) is 0 Å². The van der Waals surface area contributed by atoms with Crippen molar-refractivity contribution in [3.63, 3.8) is 0 Å². The second-order valence-electron chi connectivity index (χ2n) is 6.58. The highest BCUT2D eigenvalue weighted by Crippen LogP contribution is 2.31. The van der Waals surface area contributed by atoms with Gasteiger partial charge in [0.2, 0.25) is 0 Å². The molecule has 7 heteroatoms. The zero-order valence-electron chi connectivity index (χ0n) is 14.7. The number of halogens is 2. The number of benzene rings is 2. The summed E-state index contributed by atoms with van der Waals surface area (Å²) in [5.74, 6) is -2.22. The number of aromatic carboxylic acids is 1. The first-order valence-corrected chi connectivity index (χ1v) is 8.76. The van der Waals surface area contributed by atoms with Crippen molar-refractivity contribution in [1.82, 2.24) is 10.3 Å². The predicted molar refractivity (Wildman–Crippen MR) is 101 cm³/mol. The molecule has 2 aromatic carbocycles. The lowest BCUT2D eigenvalue weighted by Gasteiger charge is -2.15. The van der Waals surface area contributed by atoms with Crippen LogP contribution in [0.15, 0.2) is 54.9 Å². The van der Waals surface area contributed by atoms with Crippen molar-refractivity contribution in [3.8, 4) is 11.1 Å². The second-order valence-corrected chi connectivity index (χ2v) is 6.58. The Hall–Kier alpha value is -3.32. The van der Waals surface area contributed by atoms with Gasteiger partial charge in [-0.3, -0.25) is 4.98 Å². The lowest BCUT2D eigenvalue weighted by atomic mass is 9.97. The Labute approximate surface area is 160 Å². The summed E-state index contributed by atoms with van der Waals surface area (Å²) >= 11 is 0. The maximum absolute atomic E-state index is 14.1. The Balaban J connectivity index is 1.53. The Morgan fingerprint density at radius 1 is 1.21 bits per heavy atom. The molecule has 3 aromatic rings. The molecule has 0 radical (unpaired) electrons. The summed E-state index contributed by atoms with van der Waals surface area (Å²) in [6.07, 6.45) is 2.92. The number of aromatic nitrogens is 1. The van der Waals surface area contributed by atoms with Crippen molar-refractivity contribution in [2.45, 2.75) is 12.6 Å². The highest BCUT2D eigenvalue weighted by Gasteiger charge is 2.23. The highest BCUT2D eigenvalue weighted by atomic mass is 19.1. The molecule has 4 rings (SSSR count). The van der Waals surface area contributed by atoms with Crippen LogP contribution in [-0.2, 0) is 6.54 Å². The molecule has 0 saturated carbocycles. The van der Waals surface area contributed by atoms with Gasteiger partial charge >= 0.3 is 5.97 Å². The molecule has 0 unspecified atom stereocenters. The van der Waals surface area contributed by atoms with E-state index in [-0.39, 0.29) is 11.6 Å². The first-order valence-electron chi connectivity index (χ1n) is 8.76. The zero-order chi connectivity index (χ0) is 19.7. The minimum absolute atomic E-state index is 0.0241. The van der Waals surface area contributed by atoms with E-state index < -0.39 is 17.6 Å². The van der Waals surface area contributed by atoms with Gasteiger partial charge in [-0.05, 0) is 41.0 Å². The van der Waals surface area contributed by atoms with E-state index in [1.165, 1.54) is 30.6 Å². The summed E-state index contributed by atoms with van der Waals surface area (Å²) in [6.45, 7) is 1.08. The number of carboxylic acid groups (broad SMARTS) is 1. The summed E-state index contributed by atoms with van der Waals surface area (Å²) in [5, 5.41) is 15.7. The van der Waals surface area contributed by atoms with Gasteiger partial charge in [0.1, 0.15) is 11.6 Å². The van der Waals surface area contributed by atoms with Crippen LogP contribution in [0, 0.1) is 11.6 Å². The van der Waals surface area contributed by atoms with Crippen LogP contribution in [0.4, 0.5) is 14.5 Å². The average Bonchev–Trinajstić information content (AvgIpc) is 3.08. The zero-order valence-corrected chi connectivity index (χ0v) is 14.7. The Kier molecular flexibility index (Phi) is 4.75. The molecule has 0 bridgehead atoms. The maximum Gasteiger partial charge on any atom is 0.337 e. The SMILES string of the molecule is O=C(O)c1ccncc1NC[C@H]1NCc2cc(-c3ccc(F)cc3F)ccc21. The van der Waals surface area contributed by atoms with Gasteiger partial charge < -0.3 is 15.7 Å². The molecule has 0 amide bonds. The number of fused-ring (bicyclic) bond motifs is 1. The molecule has 0 saturated heterocycles. The molecule has 1 aromatic heterocycles. The minimum Gasteiger partial charge on any atom is -0.478 e. The van der Waals surface area contributed by atoms with Crippen LogP contribution in [-0.4, -0.2) is 22.6 Å². The van der Waals surface area contributed by atoms with Crippen molar-refractivity contribution in [1.29, 1.82) is 0 Å². The molecule has 0 aliphatic carbocycles. The Morgan fingerprint density at radius 2 is 2.07 bits per heavy atom. The number of anilines is 1. The van der Waals surface area contributed by atoms with E-state index >= 15 is 0 Å². The number of nitrogens with one attached hydrogen (secondary N) is 2. The fourth-order valence-corrected chi connectivity index (χ4v) is 3.45. The summed E-state index contributed by atoms with van der Waals surface area (Å²) in [4.78, 5) is 15.3. The van der Waals surface area contributed by atoms with Crippen molar-refractivity contribution >= 4 is 11.7 Å². The predicted octanol–water partition coefficient (Wildman–Crippen LogP) is 3.98. The van der Waals surface area contributed by atoms with Crippen molar-refractivity contribution < 1.29 is 18.7 Å². The monoisotopic (exact) mass is 381 g/mol. The van der Waals surface area contributed by atoms with Gasteiger partial charge in [-0.15, -0.1) is 0 Å². The summed E-state index contributed by atoms with van der Waals surface area (Å²) in [6, 6.07) is 10.6. The fourth-order valence-electron chi connectivity index (χ4n) is 3.45. The van der Waals surface area contributed by atoms with Crippen LogP contribution in [0.25, 0.3) is 11.1 Å². The van der Waals surface area contributed by atoms with Crippen LogP contribution in [0.5, 0.6) is 0 Å². The molecule has 28 heavy (non-hydrogen) atoms. The minimum atomic E-state index is -1.02. The van der Waals surface area contributed by atoms with Gasteiger partial charge in [0.05, 0.1) is 23.5 Å². The largest absolute Gasteiger partial charge is 0.478 e. The van der Waals surface area contributed by atoms with Gasteiger partial charge in [-0.25, -0.2) is 13.6 Å². The number of carbonyl (C=O) groups is 1. The smallest absolute Gasteiger partial charge is 0.337 e. The molecular weight excluding hydrogens is 364 g/mol. The molecule has 3 N–H and O–H groups in total. The third kappa shape index (κ3) is 3.44. The van der Waals surface area contributed by atoms with E-state index in [4.69, 9.17) is 0 Å². The molecule has 5 nitrogen and oxygen atoms in total. The number of hydrogen-bond donors (Lipinski definition) is 3. The van der Waals surface area contributed by atoms with Gasteiger partial charge in [0.25, 0.3) is 0 Å². The lowest BCUT2D eigenvalue weighted by Crippen LogP contribution is -2.22. The number of rotatable bonds is 5. The number of nitrogens with zero attached hydrogens (tertiary/aromatic N) is 1. The van der Waals surface area contributed by atoms with Crippen LogP contribution in [0.1, 0.15) is 27.5 Å².